The van der Waals surface area contributed by atoms with E-state index in [0.29, 0.717) is 11.0 Å². The Morgan fingerprint density at radius 2 is 2.30 bits per heavy atom. The Kier molecular flexibility index (Phi) is 4.43. The van der Waals surface area contributed by atoms with Crippen LogP contribution in [-0.2, 0) is 11.3 Å². The highest BCUT2D eigenvalue weighted by atomic mass is 79.9. The first-order valence-electron chi connectivity index (χ1n) is 5.91. The molecular formula is C12H12BrFN4O2. The number of carbonyl (C=O) groups is 1. The summed E-state index contributed by atoms with van der Waals surface area (Å²) in [5.74, 6) is -1.22. The highest BCUT2D eigenvalue weighted by Crippen LogP contribution is 2.26. The third-order valence-electron chi connectivity index (χ3n) is 2.73. The summed E-state index contributed by atoms with van der Waals surface area (Å²) in [4.78, 5) is 10.7. The van der Waals surface area contributed by atoms with Crippen molar-refractivity contribution in [3.8, 4) is 11.4 Å². The number of nitrogens with zero attached hydrogens (tertiary/aromatic N) is 4. The number of halogens is 2. The van der Waals surface area contributed by atoms with Gasteiger partial charge >= 0.3 is 5.97 Å². The Labute approximate surface area is 122 Å². The molecule has 0 bridgehead atoms. The van der Waals surface area contributed by atoms with Crippen LogP contribution in [0, 0.1) is 11.7 Å². The summed E-state index contributed by atoms with van der Waals surface area (Å²) in [7, 11) is 0. The summed E-state index contributed by atoms with van der Waals surface area (Å²) in [5, 5.41) is 19.9. The monoisotopic (exact) mass is 342 g/mol. The van der Waals surface area contributed by atoms with Crippen LogP contribution in [0.5, 0.6) is 0 Å². The molecule has 1 aromatic carbocycles. The van der Waals surface area contributed by atoms with Gasteiger partial charge in [-0.3, -0.25) is 4.79 Å². The number of carboxylic acid groups (broad SMARTS) is 1. The Balaban J connectivity index is 2.29. The number of carboxylic acids is 1. The summed E-state index contributed by atoms with van der Waals surface area (Å²) in [6.45, 7) is 2.08. The van der Waals surface area contributed by atoms with Crippen LogP contribution in [0.15, 0.2) is 22.7 Å². The van der Waals surface area contributed by atoms with E-state index < -0.39 is 11.8 Å². The van der Waals surface area contributed by atoms with Crippen LogP contribution in [0.2, 0.25) is 0 Å². The molecule has 106 valence electrons. The van der Waals surface area contributed by atoms with Gasteiger partial charge in [-0.1, -0.05) is 13.0 Å². The third-order valence-corrected chi connectivity index (χ3v) is 3.34. The smallest absolute Gasteiger partial charge is 0.303 e. The third kappa shape index (κ3) is 3.19. The Bertz CT molecular complexity index is 632. The van der Waals surface area contributed by atoms with Gasteiger partial charge in [-0.15, -0.1) is 5.10 Å². The number of hydrogen-bond acceptors (Lipinski definition) is 4. The lowest BCUT2D eigenvalue weighted by Crippen LogP contribution is -2.14. The fourth-order valence-electron chi connectivity index (χ4n) is 1.85. The number of tetrazole rings is 1. The van der Waals surface area contributed by atoms with Crippen LogP contribution in [0.1, 0.15) is 13.3 Å². The van der Waals surface area contributed by atoms with Gasteiger partial charge in [0.1, 0.15) is 5.82 Å². The van der Waals surface area contributed by atoms with E-state index in [-0.39, 0.29) is 23.7 Å². The molecule has 0 saturated heterocycles. The number of hydrogen-bond donors (Lipinski definition) is 1. The molecule has 0 amide bonds. The molecule has 1 N–H and O–H groups in total. The van der Waals surface area contributed by atoms with Crippen molar-refractivity contribution in [3.63, 3.8) is 0 Å². The molecule has 0 radical (unpaired) electrons. The van der Waals surface area contributed by atoms with Crippen molar-refractivity contribution in [2.45, 2.75) is 19.9 Å². The maximum absolute atomic E-state index is 14.0. The molecule has 1 unspecified atom stereocenters. The maximum Gasteiger partial charge on any atom is 0.303 e. The first kappa shape index (κ1) is 14.6. The maximum atomic E-state index is 14.0. The number of aromatic nitrogens is 4. The van der Waals surface area contributed by atoms with Crippen molar-refractivity contribution in [1.82, 2.24) is 20.2 Å². The normalized spacial score (nSPS) is 12.3. The van der Waals surface area contributed by atoms with E-state index in [9.17, 15) is 9.18 Å². The van der Waals surface area contributed by atoms with E-state index in [4.69, 9.17) is 5.11 Å². The Hall–Kier alpha value is -1.83. The van der Waals surface area contributed by atoms with Gasteiger partial charge in [0.25, 0.3) is 0 Å². The Morgan fingerprint density at radius 1 is 1.55 bits per heavy atom. The van der Waals surface area contributed by atoms with Crippen LogP contribution in [0.3, 0.4) is 0 Å². The van der Waals surface area contributed by atoms with E-state index in [0.717, 1.165) is 0 Å². The molecule has 1 heterocycles. The van der Waals surface area contributed by atoms with Gasteiger partial charge in [-0.05, 0) is 44.4 Å². The second-order valence-corrected chi connectivity index (χ2v) is 5.34. The highest BCUT2D eigenvalue weighted by molar-refractivity contribution is 9.10. The van der Waals surface area contributed by atoms with Crippen molar-refractivity contribution in [2.75, 3.05) is 0 Å². The average Bonchev–Trinajstić information content (AvgIpc) is 2.79. The number of rotatable bonds is 5. The minimum atomic E-state index is -0.888. The highest BCUT2D eigenvalue weighted by Gasteiger charge is 2.17. The molecule has 0 spiro atoms. The van der Waals surface area contributed by atoms with E-state index >= 15 is 0 Å². The second kappa shape index (κ2) is 6.08. The lowest BCUT2D eigenvalue weighted by atomic mass is 10.1. The van der Waals surface area contributed by atoms with Crippen molar-refractivity contribution in [1.29, 1.82) is 0 Å². The van der Waals surface area contributed by atoms with Crippen molar-refractivity contribution in [3.05, 3.63) is 28.5 Å². The molecule has 1 atom stereocenters. The first-order chi connectivity index (χ1) is 9.49. The van der Waals surface area contributed by atoms with Crippen molar-refractivity contribution in [2.24, 2.45) is 5.92 Å². The van der Waals surface area contributed by atoms with Crippen LogP contribution >= 0.6 is 15.9 Å². The van der Waals surface area contributed by atoms with Gasteiger partial charge in [0.2, 0.25) is 0 Å². The summed E-state index contributed by atoms with van der Waals surface area (Å²) in [6.07, 6.45) is 0.000264. The summed E-state index contributed by atoms with van der Waals surface area (Å²) < 4.78 is 15.8. The molecule has 0 aliphatic heterocycles. The van der Waals surface area contributed by atoms with E-state index in [1.165, 1.54) is 4.68 Å². The molecule has 2 rings (SSSR count). The lowest BCUT2D eigenvalue weighted by molar-refractivity contribution is -0.138. The summed E-state index contributed by atoms with van der Waals surface area (Å²) in [5.41, 5.74) is 0.270. The average molecular weight is 343 g/mol. The first-order valence-corrected chi connectivity index (χ1v) is 6.70. The molecule has 0 saturated carbocycles. The largest absolute Gasteiger partial charge is 0.481 e. The molecule has 2 aromatic rings. The minimum absolute atomic E-state index is 0.000264. The number of aliphatic carboxylic acids is 1. The standard InChI is InChI=1S/C12H12BrFN4O2/c1-7(5-10(19)20)6-18-12(15-16-17-18)8-3-2-4-9(13)11(8)14/h2-4,7H,5-6H2,1H3,(H,19,20). The zero-order chi connectivity index (χ0) is 14.7. The SMILES string of the molecule is CC(CC(=O)O)Cn1nnnc1-c1cccc(Br)c1F. The molecule has 6 nitrogen and oxygen atoms in total. The fourth-order valence-corrected chi connectivity index (χ4v) is 2.22. The van der Waals surface area contributed by atoms with Crippen LogP contribution in [0.25, 0.3) is 11.4 Å². The molecule has 0 aliphatic rings. The zero-order valence-corrected chi connectivity index (χ0v) is 12.2. The van der Waals surface area contributed by atoms with Gasteiger partial charge in [0, 0.05) is 13.0 Å². The minimum Gasteiger partial charge on any atom is -0.481 e. The lowest BCUT2D eigenvalue weighted by Gasteiger charge is -2.10. The molecule has 0 fully saturated rings. The molecule has 1 aromatic heterocycles. The molecule has 0 aliphatic carbocycles. The van der Waals surface area contributed by atoms with Crippen molar-refractivity contribution >= 4 is 21.9 Å². The molecular weight excluding hydrogens is 331 g/mol. The van der Waals surface area contributed by atoms with Crippen LogP contribution in [0.4, 0.5) is 4.39 Å². The predicted octanol–water partition coefficient (Wildman–Crippen LogP) is 2.35. The second-order valence-electron chi connectivity index (χ2n) is 4.49. The molecule has 20 heavy (non-hydrogen) atoms. The van der Waals surface area contributed by atoms with Gasteiger partial charge in [-0.25, -0.2) is 9.07 Å². The van der Waals surface area contributed by atoms with Gasteiger partial charge in [0.15, 0.2) is 5.82 Å². The summed E-state index contributed by atoms with van der Waals surface area (Å²) >= 11 is 3.11. The fraction of sp³-hybridized carbons (Fsp3) is 0.333. The van der Waals surface area contributed by atoms with Crippen LogP contribution in [-0.4, -0.2) is 31.3 Å². The van der Waals surface area contributed by atoms with E-state index in [1.807, 2.05) is 0 Å². The quantitative estimate of drug-likeness (QED) is 0.901. The topological polar surface area (TPSA) is 80.9 Å². The predicted molar refractivity (Wildman–Crippen MR) is 72.3 cm³/mol. The van der Waals surface area contributed by atoms with E-state index in [2.05, 4.69) is 31.5 Å². The van der Waals surface area contributed by atoms with Crippen molar-refractivity contribution < 1.29 is 14.3 Å². The van der Waals surface area contributed by atoms with Gasteiger partial charge < -0.3 is 5.11 Å². The van der Waals surface area contributed by atoms with Gasteiger partial charge in [-0.2, -0.15) is 0 Å². The molecule has 8 heteroatoms. The van der Waals surface area contributed by atoms with E-state index in [1.54, 1.807) is 25.1 Å². The summed E-state index contributed by atoms with van der Waals surface area (Å²) in [6, 6.07) is 4.84. The van der Waals surface area contributed by atoms with Gasteiger partial charge in [0.05, 0.1) is 10.0 Å². The Morgan fingerprint density at radius 3 is 3.00 bits per heavy atom. The zero-order valence-electron chi connectivity index (χ0n) is 10.6. The number of benzene rings is 1. The van der Waals surface area contributed by atoms with Crippen LogP contribution < -0.4 is 0 Å².